The number of guanidine groups is 1. The van der Waals surface area contributed by atoms with E-state index in [1.807, 2.05) is 0 Å². The Morgan fingerprint density at radius 2 is 2.19 bits per heavy atom. The van der Waals surface area contributed by atoms with Crippen molar-refractivity contribution in [1.29, 1.82) is 0 Å². The van der Waals surface area contributed by atoms with Crippen molar-refractivity contribution < 1.29 is 19.4 Å². The zero-order valence-electron chi connectivity index (χ0n) is 15.2. The highest BCUT2D eigenvalue weighted by Gasteiger charge is 2.24. The largest absolute Gasteiger partial charge is 0.444 e. The Labute approximate surface area is 159 Å². The molecule has 0 aliphatic rings. The summed E-state index contributed by atoms with van der Waals surface area (Å²) in [4.78, 5) is 42.4. The number of aromatic nitrogens is 1. The van der Waals surface area contributed by atoms with Gasteiger partial charge in [0.15, 0.2) is 10.2 Å². The van der Waals surface area contributed by atoms with E-state index in [0.717, 1.165) is 0 Å². The molecule has 13 heteroatoms. The number of rotatable bonds is 8. The fourth-order valence-corrected chi connectivity index (χ4v) is 2.35. The van der Waals surface area contributed by atoms with Crippen molar-refractivity contribution in [3.63, 3.8) is 0 Å². The Morgan fingerprint density at radius 3 is 2.74 bits per heavy atom. The first-order valence-corrected chi connectivity index (χ1v) is 8.85. The number of anilines is 1. The fraction of sp³-hybridized carbons (Fsp3) is 0.571. The van der Waals surface area contributed by atoms with Crippen molar-refractivity contribution in [2.75, 3.05) is 11.9 Å². The molecule has 0 saturated heterocycles. The number of nitrogens with zero attached hydrogens (tertiary/aromatic N) is 3. The summed E-state index contributed by atoms with van der Waals surface area (Å²) in [5.41, 5.74) is 6.31. The number of amides is 2. The Hall–Kier alpha value is -2.96. The molecule has 1 aromatic heterocycles. The van der Waals surface area contributed by atoms with Crippen molar-refractivity contribution >= 4 is 34.4 Å². The topological polar surface area (TPSA) is 174 Å². The minimum Gasteiger partial charge on any atom is -0.444 e. The normalized spacial score (nSPS) is 12.8. The van der Waals surface area contributed by atoms with Crippen LogP contribution in [0.3, 0.4) is 0 Å². The van der Waals surface area contributed by atoms with Crippen molar-refractivity contribution in [2.24, 2.45) is 10.7 Å². The molecule has 1 aromatic rings. The summed E-state index contributed by atoms with van der Waals surface area (Å²) in [6, 6.07) is -0.899. The lowest BCUT2D eigenvalue weighted by atomic mass is 10.1. The monoisotopic (exact) mass is 401 g/mol. The Morgan fingerprint density at radius 1 is 1.48 bits per heavy atom. The average molecular weight is 401 g/mol. The van der Waals surface area contributed by atoms with Gasteiger partial charge in [0, 0.05) is 18.1 Å². The minimum absolute atomic E-state index is 0.129. The van der Waals surface area contributed by atoms with E-state index in [4.69, 9.17) is 10.5 Å². The molecule has 0 spiro atoms. The van der Waals surface area contributed by atoms with Crippen LogP contribution in [0.1, 0.15) is 33.6 Å². The number of thiazole rings is 1. The molecule has 1 heterocycles. The molecule has 1 rings (SSSR count). The van der Waals surface area contributed by atoms with Gasteiger partial charge in [0.05, 0.1) is 0 Å². The lowest BCUT2D eigenvalue weighted by molar-refractivity contribution is -0.525. The van der Waals surface area contributed by atoms with Gasteiger partial charge in [-0.25, -0.2) is 24.9 Å². The van der Waals surface area contributed by atoms with Gasteiger partial charge < -0.3 is 21.1 Å². The summed E-state index contributed by atoms with van der Waals surface area (Å²) in [6.07, 6.45) is 1.35. The zero-order valence-corrected chi connectivity index (χ0v) is 16.0. The van der Waals surface area contributed by atoms with Crippen LogP contribution in [0.25, 0.3) is 0 Å². The van der Waals surface area contributed by atoms with Gasteiger partial charge in [-0.1, -0.05) is 5.43 Å². The highest BCUT2D eigenvalue weighted by Crippen LogP contribution is 2.12. The van der Waals surface area contributed by atoms with Gasteiger partial charge in [0.1, 0.15) is 11.6 Å². The van der Waals surface area contributed by atoms with Gasteiger partial charge in [-0.15, -0.1) is 11.3 Å². The maximum Gasteiger partial charge on any atom is 0.408 e. The molecule has 2 amide bonds. The summed E-state index contributed by atoms with van der Waals surface area (Å²) in [5.74, 6) is -0.805. The molecular formula is C14H23N7O5S. The number of nitrogens with two attached hydrogens (primary N) is 1. The van der Waals surface area contributed by atoms with Crippen LogP contribution >= 0.6 is 11.3 Å². The Kier molecular flexibility index (Phi) is 8.38. The van der Waals surface area contributed by atoms with E-state index in [2.05, 4.69) is 20.6 Å². The molecule has 0 bridgehead atoms. The third-order valence-corrected chi connectivity index (χ3v) is 3.50. The molecule has 0 aliphatic heterocycles. The number of carbonyl (C=O) groups excluding carboxylic acids is 2. The van der Waals surface area contributed by atoms with E-state index in [1.54, 1.807) is 31.6 Å². The van der Waals surface area contributed by atoms with Crippen LogP contribution < -0.4 is 21.8 Å². The first-order chi connectivity index (χ1) is 12.6. The number of hydrazine groups is 1. The van der Waals surface area contributed by atoms with Crippen LogP contribution in [0.5, 0.6) is 0 Å². The second-order valence-electron chi connectivity index (χ2n) is 6.30. The lowest BCUT2D eigenvalue weighted by Crippen LogP contribution is -2.45. The molecule has 150 valence electrons. The van der Waals surface area contributed by atoms with Crippen molar-refractivity contribution in [1.82, 2.24) is 15.7 Å². The summed E-state index contributed by atoms with van der Waals surface area (Å²) < 4.78 is 5.17. The number of hydrogen-bond donors (Lipinski definition) is 4. The van der Waals surface area contributed by atoms with Gasteiger partial charge in [0.2, 0.25) is 5.91 Å². The third-order valence-electron chi connectivity index (χ3n) is 2.81. The molecule has 0 fully saturated rings. The van der Waals surface area contributed by atoms with Gasteiger partial charge in [0.25, 0.3) is 5.96 Å². The molecule has 12 nitrogen and oxygen atoms in total. The first-order valence-electron chi connectivity index (χ1n) is 7.97. The van der Waals surface area contributed by atoms with E-state index in [9.17, 15) is 19.7 Å². The number of nitro groups is 1. The van der Waals surface area contributed by atoms with Crippen molar-refractivity contribution in [2.45, 2.75) is 45.3 Å². The second kappa shape index (κ2) is 10.3. The van der Waals surface area contributed by atoms with E-state index in [1.165, 1.54) is 17.5 Å². The number of ether oxygens (including phenoxy) is 1. The SMILES string of the molecule is CC(C)(C)OC(=O)N[C@@H](CCCN=C(N)N[N+](=O)[O-])C(=O)Nc1nccs1. The second-order valence-corrected chi connectivity index (χ2v) is 7.20. The van der Waals surface area contributed by atoms with Crippen LogP contribution in [0.15, 0.2) is 16.6 Å². The molecule has 5 N–H and O–H groups in total. The van der Waals surface area contributed by atoms with Gasteiger partial charge in [-0.05, 0) is 33.6 Å². The van der Waals surface area contributed by atoms with E-state index < -0.39 is 28.7 Å². The average Bonchev–Trinajstić information content (AvgIpc) is 3.00. The number of alkyl carbamates (subject to hydrolysis) is 1. The molecule has 0 aromatic carbocycles. The molecule has 0 radical (unpaired) electrons. The van der Waals surface area contributed by atoms with E-state index in [0.29, 0.717) is 11.6 Å². The number of nitrogens with one attached hydrogen (secondary N) is 3. The predicted octanol–water partition coefficient (Wildman–Crippen LogP) is 0.851. The van der Waals surface area contributed by atoms with Crippen LogP contribution in [0.2, 0.25) is 0 Å². The minimum atomic E-state index is -0.899. The molecule has 0 saturated carbocycles. The summed E-state index contributed by atoms with van der Waals surface area (Å²) >= 11 is 1.24. The van der Waals surface area contributed by atoms with Crippen molar-refractivity contribution in [3.8, 4) is 0 Å². The van der Waals surface area contributed by atoms with Crippen LogP contribution in [-0.2, 0) is 9.53 Å². The molecule has 0 aliphatic carbocycles. The fourth-order valence-electron chi connectivity index (χ4n) is 1.82. The number of carbonyl (C=O) groups is 2. The lowest BCUT2D eigenvalue weighted by Gasteiger charge is -2.23. The highest BCUT2D eigenvalue weighted by atomic mass is 32.1. The van der Waals surface area contributed by atoms with Crippen molar-refractivity contribution in [3.05, 3.63) is 21.7 Å². The quantitative estimate of drug-likeness (QED) is 0.163. The standard InChI is InChI=1S/C14H23N7O5S/c1-14(2,3)26-13(23)18-9(10(22)19-12-17-7-8-27-12)5-4-6-16-11(15)20-21(24)25/h7-9H,4-6H2,1-3H3,(H,18,23)(H3,15,16,20)(H,17,19,22)/t9-/m0/s1. The number of hydrogen-bond acceptors (Lipinski definition) is 8. The Balaban J connectivity index is 2.65. The first kappa shape index (κ1) is 22.1. The van der Waals surface area contributed by atoms with Gasteiger partial charge >= 0.3 is 6.09 Å². The summed E-state index contributed by atoms with van der Waals surface area (Å²) in [6.45, 7) is 5.24. The number of aliphatic imine (C=N–C) groups is 1. The van der Waals surface area contributed by atoms with Gasteiger partial charge in [-0.2, -0.15) is 0 Å². The smallest absolute Gasteiger partial charge is 0.408 e. The molecular weight excluding hydrogens is 378 g/mol. The van der Waals surface area contributed by atoms with E-state index in [-0.39, 0.29) is 18.9 Å². The van der Waals surface area contributed by atoms with E-state index >= 15 is 0 Å². The highest BCUT2D eigenvalue weighted by molar-refractivity contribution is 7.13. The third kappa shape index (κ3) is 9.94. The summed E-state index contributed by atoms with van der Waals surface area (Å²) in [7, 11) is 0. The summed E-state index contributed by atoms with van der Waals surface area (Å²) in [5, 5.41) is 16.6. The van der Waals surface area contributed by atoms with Crippen LogP contribution in [-0.4, -0.2) is 46.2 Å². The zero-order chi connectivity index (χ0) is 20.4. The molecule has 0 unspecified atom stereocenters. The van der Waals surface area contributed by atoms with Crippen LogP contribution in [0, 0.1) is 10.1 Å². The predicted molar refractivity (Wildman–Crippen MR) is 99.8 cm³/mol. The van der Waals surface area contributed by atoms with Gasteiger partial charge in [-0.3, -0.25) is 4.79 Å². The Bertz CT molecular complexity index is 672. The molecule has 1 atom stereocenters. The molecule has 27 heavy (non-hydrogen) atoms. The maximum atomic E-state index is 12.4. The maximum absolute atomic E-state index is 12.4. The van der Waals surface area contributed by atoms with Crippen LogP contribution in [0.4, 0.5) is 9.93 Å².